The number of anilines is 1. The summed E-state index contributed by atoms with van der Waals surface area (Å²) in [4.78, 5) is 25.0. The lowest BCUT2D eigenvalue weighted by Crippen LogP contribution is -2.25. The normalized spacial score (nSPS) is 13.0. The number of rotatable bonds is 5. The van der Waals surface area contributed by atoms with Gasteiger partial charge < -0.3 is 10.1 Å². The smallest absolute Gasteiger partial charge is 0.262 e. The van der Waals surface area contributed by atoms with E-state index < -0.39 is 0 Å². The fourth-order valence-corrected chi connectivity index (χ4v) is 4.80. The van der Waals surface area contributed by atoms with E-state index in [0.29, 0.717) is 22.2 Å². The van der Waals surface area contributed by atoms with E-state index in [-0.39, 0.29) is 24.1 Å². The van der Waals surface area contributed by atoms with Crippen molar-refractivity contribution in [1.82, 2.24) is 14.6 Å². The zero-order valence-electron chi connectivity index (χ0n) is 15.0. The van der Waals surface area contributed by atoms with Gasteiger partial charge in [-0.25, -0.2) is 0 Å². The molecule has 0 aliphatic carbocycles. The molecule has 1 aliphatic rings. The van der Waals surface area contributed by atoms with Gasteiger partial charge in [0.1, 0.15) is 5.75 Å². The van der Waals surface area contributed by atoms with Gasteiger partial charge >= 0.3 is 0 Å². The van der Waals surface area contributed by atoms with Crippen molar-refractivity contribution in [1.29, 1.82) is 0 Å². The standard InChI is InChI=1S/C20H14N4O3S2/c25-16(13-6-7-17-14(8-13)21-18(26)9-27-17)11-29-20-23-22-19-24(20)15(10-28-19)12-4-2-1-3-5-12/h1-8,10H,9,11H2,(H,21,26). The Hall–Kier alpha value is -3.17. The van der Waals surface area contributed by atoms with Crippen LogP contribution in [0.2, 0.25) is 0 Å². The summed E-state index contributed by atoms with van der Waals surface area (Å²) in [6, 6.07) is 15.1. The van der Waals surface area contributed by atoms with Crippen LogP contribution in [0.15, 0.2) is 59.1 Å². The molecule has 29 heavy (non-hydrogen) atoms. The lowest BCUT2D eigenvalue weighted by atomic mass is 10.1. The van der Waals surface area contributed by atoms with Gasteiger partial charge in [0, 0.05) is 10.9 Å². The minimum Gasteiger partial charge on any atom is -0.482 e. The van der Waals surface area contributed by atoms with Crippen LogP contribution in [0.4, 0.5) is 5.69 Å². The second-order valence-electron chi connectivity index (χ2n) is 6.35. The highest BCUT2D eigenvalue weighted by Gasteiger charge is 2.19. The molecule has 0 unspecified atom stereocenters. The first-order chi connectivity index (χ1) is 14.2. The first kappa shape index (κ1) is 17.9. The van der Waals surface area contributed by atoms with E-state index in [4.69, 9.17) is 4.74 Å². The number of hydrogen-bond acceptors (Lipinski definition) is 7. The molecular weight excluding hydrogens is 408 g/mol. The van der Waals surface area contributed by atoms with Gasteiger partial charge in [-0.2, -0.15) is 0 Å². The maximum absolute atomic E-state index is 12.7. The summed E-state index contributed by atoms with van der Waals surface area (Å²) in [5, 5.41) is 13.9. The third-order valence-corrected chi connectivity index (χ3v) is 6.20. The van der Waals surface area contributed by atoms with E-state index in [9.17, 15) is 9.59 Å². The van der Waals surface area contributed by atoms with E-state index in [1.807, 2.05) is 40.1 Å². The molecule has 0 saturated carbocycles. The number of thioether (sulfide) groups is 1. The number of hydrogen-bond donors (Lipinski definition) is 1. The number of ether oxygens (including phenoxy) is 1. The Kier molecular flexibility index (Phi) is 4.53. The first-order valence-electron chi connectivity index (χ1n) is 8.80. The number of amides is 1. The first-order valence-corrected chi connectivity index (χ1v) is 10.7. The fraction of sp³-hybridized carbons (Fsp3) is 0.100. The number of nitrogens with one attached hydrogen (secondary N) is 1. The van der Waals surface area contributed by atoms with Gasteiger partial charge in [-0.3, -0.25) is 14.0 Å². The molecule has 0 atom stereocenters. The Morgan fingerprint density at radius 2 is 2.07 bits per heavy atom. The predicted octanol–water partition coefficient (Wildman–Crippen LogP) is 3.76. The number of Topliss-reactive ketones (excluding diaryl/α,β-unsaturated/α-hetero) is 1. The Balaban J connectivity index is 1.37. The number of benzene rings is 2. The van der Waals surface area contributed by atoms with Crippen molar-refractivity contribution in [3.8, 4) is 17.0 Å². The minimum atomic E-state index is -0.228. The minimum absolute atomic E-state index is 0.0105. The molecule has 2 aromatic heterocycles. The van der Waals surface area contributed by atoms with Crippen LogP contribution in [0.25, 0.3) is 16.2 Å². The summed E-state index contributed by atoms with van der Waals surface area (Å²) >= 11 is 2.85. The summed E-state index contributed by atoms with van der Waals surface area (Å²) in [5.74, 6) is 0.483. The number of aromatic nitrogens is 3. The molecule has 1 aliphatic heterocycles. The third kappa shape index (κ3) is 3.39. The monoisotopic (exact) mass is 422 g/mol. The molecule has 1 N–H and O–H groups in total. The zero-order chi connectivity index (χ0) is 19.8. The summed E-state index contributed by atoms with van der Waals surface area (Å²) in [5.41, 5.74) is 3.10. The molecule has 144 valence electrons. The van der Waals surface area contributed by atoms with Crippen LogP contribution in [0.3, 0.4) is 0 Å². The molecule has 9 heteroatoms. The van der Waals surface area contributed by atoms with Crippen molar-refractivity contribution in [2.75, 3.05) is 17.7 Å². The summed E-state index contributed by atoms with van der Waals surface area (Å²) in [6.07, 6.45) is 0. The molecule has 7 nitrogen and oxygen atoms in total. The summed E-state index contributed by atoms with van der Waals surface area (Å²) < 4.78 is 7.31. The fourth-order valence-electron chi connectivity index (χ4n) is 3.07. The average Bonchev–Trinajstić information content (AvgIpc) is 3.34. The van der Waals surface area contributed by atoms with Gasteiger partial charge in [0.2, 0.25) is 4.96 Å². The number of carbonyl (C=O) groups excluding carboxylic acids is 2. The van der Waals surface area contributed by atoms with Gasteiger partial charge in [-0.05, 0) is 23.8 Å². The molecule has 1 amide bonds. The Bertz CT molecular complexity index is 1230. The van der Waals surface area contributed by atoms with Crippen molar-refractivity contribution in [2.24, 2.45) is 0 Å². The topological polar surface area (TPSA) is 85.6 Å². The van der Waals surface area contributed by atoms with Crippen LogP contribution in [0.1, 0.15) is 10.4 Å². The Morgan fingerprint density at radius 1 is 1.21 bits per heavy atom. The van der Waals surface area contributed by atoms with Crippen molar-refractivity contribution >= 4 is 45.4 Å². The quantitative estimate of drug-likeness (QED) is 0.389. The molecule has 2 aromatic carbocycles. The van der Waals surface area contributed by atoms with E-state index in [1.54, 1.807) is 18.2 Å². The van der Waals surface area contributed by atoms with E-state index in [1.165, 1.54) is 23.1 Å². The van der Waals surface area contributed by atoms with Crippen molar-refractivity contribution in [3.63, 3.8) is 0 Å². The van der Waals surface area contributed by atoms with Gasteiger partial charge in [-0.15, -0.1) is 21.5 Å². The molecule has 0 fully saturated rings. The third-order valence-electron chi connectivity index (χ3n) is 4.46. The van der Waals surface area contributed by atoms with Crippen molar-refractivity contribution in [2.45, 2.75) is 5.16 Å². The second kappa shape index (κ2) is 7.34. The highest BCUT2D eigenvalue weighted by molar-refractivity contribution is 7.99. The molecule has 0 saturated heterocycles. The molecule has 0 radical (unpaired) electrons. The van der Waals surface area contributed by atoms with Crippen LogP contribution in [-0.2, 0) is 4.79 Å². The average molecular weight is 422 g/mol. The van der Waals surface area contributed by atoms with E-state index >= 15 is 0 Å². The second-order valence-corrected chi connectivity index (χ2v) is 8.13. The zero-order valence-corrected chi connectivity index (χ0v) is 16.6. The Labute approximate surface area is 173 Å². The number of carbonyl (C=O) groups is 2. The molecule has 3 heterocycles. The lowest BCUT2D eigenvalue weighted by molar-refractivity contribution is -0.118. The van der Waals surface area contributed by atoms with Crippen molar-refractivity contribution < 1.29 is 14.3 Å². The van der Waals surface area contributed by atoms with Crippen LogP contribution in [0, 0.1) is 0 Å². The van der Waals surface area contributed by atoms with Crippen LogP contribution in [0.5, 0.6) is 5.75 Å². The molecular formula is C20H14N4O3S2. The Morgan fingerprint density at radius 3 is 2.93 bits per heavy atom. The van der Waals surface area contributed by atoms with Crippen molar-refractivity contribution in [3.05, 3.63) is 59.5 Å². The van der Waals surface area contributed by atoms with Gasteiger partial charge in [0.05, 0.1) is 17.1 Å². The molecule has 5 rings (SSSR count). The number of fused-ring (bicyclic) bond motifs is 2. The molecule has 4 aromatic rings. The van der Waals surface area contributed by atoms with Gasteiger partial charge in [0.25, 0.3) is 5.91 Å². The largest absolute Gasteiger partial charge is 0.482 e. The SMILES string of the molecule is O=C1COc2ccc(C(=O)CSc3nnc4scc(-c5ccccc5)n34)cc2N1. The summed E-state index contributed by atoms with van der Waals surface area (Å²) in [6.45, 7) is -0.0105. The molecule has 0 bridgehead atoms. The van der Waals surface area contributed by atoms with Crippen LogP contribution < -0.4 is 10.1 Å². The maximum Gasteiger partial charge on any atom is 0.262 e. The summed E-state index contributed by atoms with van der Waals surface area (Å²) in [7, 11) is 0. The predicted molar refractivity (Wildman–Crippen MR) is 112 cm³/mol. The maximum atomic E-state index is 12.7. The highest BCUT2D eigenvalue weighted by atomic mass is 32.2. The lowest BCUT2D eigenvalue weighted by Gasteiger charge is -2.18. The number of thiazole rings is 1. The number of nitrogens with zero attached hydrogens (tertiary/aromatic N) is 3. The van der Waals surface area contributed by atoms with Gasteiger partial charge in [0.15, 0.2) is 17.5 Å². The molecule has 0 spiro atoms. The number of ketones is 1. The van der Waals surface area contributed by atoms with E-state index in [0.717, 1.165) is 16.2 Å². The highest BCUT2D eigenvalue weighted by Crippen LogP contribution is 2.31. The van der Waals surface area contributed by atoms with Gasteiger partial charge in [-0.1, -0.05) is 42.1 Å². The van der Waals surface area contributed by atoms with E-state index in [2.05, 4.69) is 15.5 Å². The van der Waals surface area contributed by atoms with Crippen LogP contribution >= 0.6 is 23.1 Å². The van der Waals surface area contributed by atoms with Crippen LogP contribution in [-0.4, -0.2) is 38.6 Å².